The summed E-state index contributed by atoms with van der Waals surface area (Å²) >= 11 is 0. The van der Waals surface area contributed by atoms with Crippen molar-refractivity contribution < 1.29 is 4.79 Å². The first-order valence-electron chi connectivity index (χ1n) is 7.20. The summed E-state index contributed by atoms with van der Waals surface area (Å²) in [5.74, 6) is 1.82. The zero-order chi connectivity index (χ0) is 12.3. The fourth-order valence-electron chi connectivity index (χ4n) is 3.45. The topological polar surface area (TPSA) is 46.3 Å². The second-order valence-corrected chi connectivity index (χ2v) is 5.96. The molecule has 1 amide bonds. The largest absolute Gasteiger partial charge is 0.338 e. The van der Waals surface area contributed by atoms with Crippen molar-refractivity contribution in [1.29, 1.82) is 0 Å². The van der Waals surface area contributed by atoms with E-state index in [2.05, 4.69) is 11.8 Å². The molecular weight excluding hydrogens is 212 g/mol. The van der Waals surface area contributed by atoms with Gasteiger partial charge in [0.05, 0.1) is 0 Å². The zero-order valence-electron chi connectivity index (χ0n) is 11.0. The number of nitrogens with two attached hydrogens (primary N) is 1. The van der Waals surface area contributed by atoms with Crippen molar-refractivity contribution in [2.75, 3.05) is 13.1 Å². The Labute approximate surface area is 105 Å². The van der Waals surface area contributed by atoms with Crippen molar-refractivity contribution >= 4 is 5.91 Å². The standard InChI is InChI=1S/C14H26N2O/c1-11-5-6-12(8-11)9-14(17)16-7-3-2-4-13(16)10-15/h11-13H,2-10,15H2,1H3/t11-,12+,13-/m1/s1. The van der Waals surface area contributed by atoms with E-state index in [0.29, 0.717) is 24.4 Å². The molecule has 1 saturated carbocycles. The van der Waals surface area contributed by atoms with E-state index in [9.17, 15) is 4.79 Å². The molecule has 1 saturated heterocycles. The molecule has 0 unspecified atom stereocenters. The number of carbonyl (C=O) groups is 1. The van der Waals surface area contributed by atoms with E-state index in [1.807, 2.05) is 0 Å². The predicted molar refractivity (Wildman–Crippen MR) is 69.5 cm³/mol. The van der Waals surface area contributed by atoms with Crippen LogP contribution in [0.2, 0.25) is 0 Å². The molecule has 98 valence electrons. The van der Waals surface area contributed by atoms with Crippen LogP contribution in [0.5, 0.6) is 0 Å². The lowest BCUT2D eigenvalue weighted by Crippen LogP contribution is -2.47. The van der Waals surface area contributed by atoms with Gasteiger partial charge in [-0.2, -0.15) is 0 Å². The molecule has 0 spiro atoms. The van der Waals surface area contributed by atoms with Crippen LogP contribution in [0.1, 0.15) is 51.9 Å². The number of rotatable bonds is 3. The van der Waals surface area contributed by atoms with Crippen LogP contribution in [0.25, 0.3) is 0 Å². The van der Waals surface area contributed by atoms with Crippen molar-refractivity contribution in [2.45, 2.75) is 57.9 Å². The number of likely N-dealkylation sites (tertiary alicyclic amines) is 1. The van der Waals surface area contributed by atoms with Crippen LogP contribution in [-0.4, -0.2) is 29.9 Å². The molecule has 0 aromatic rings. The highest BCUT2D eigenvalue weighted by atomic mass is 16.2. The van der Waals surface area contributed by atoms with Crippen molar-refractivity contribution in [1.82, 2.24) is 4.90 Å². The average molecular weight is 238 g/mol. The third-order valence-corrected chi connectivity index (χ3v) is 4.49. The molecule has 1 aliphatic heterocycles. The number of piperidine rings is 1. The van der Waals surface area contributed by atoms with Crippen LogP contribution < -0.4 is 5.73 Å². The fourth-order valence-corrected chi connectivity index (χ4v) is 3.45. The molecular formula is C14H26N2O. The maximum absolute atomic E-state index is 12.3. The van der Waals surface area contributed by atoms with E-state index in [1.54, 1.807) is 0 Å². The molecule has 2 rings (SSSR count). The van der Waals surface area contributed by atoms with Gasteiger partial charge in [0.25, 0.3) is 0 Å². The van der Waals surface area contributed by atoms with E-state index >= 15 is 0 Å². The van der Waals surface area contributed by atoms with Crippen molar-refractivity contribution in [2.24, 2.45) is 17.6 Å². The Kier molecular flexibility index (Phi) is 4.43. The van der Waals surface area contributed by atoms with E-state index in [1.165, 1.54) is 25.7 Å². The molecule has 3 heteroatoms. The highest BCUT2D eigenvalue weighted by Crippen LogP contribution is 2.33. The van der Waals surface area contributed by atoms with Gasteiger partial charge in [-0.05, 0) is 43.9 Å². The lowest BCUT2D eigenvalue weighted by molar-refractivity contribution is -0.135. The van der Waals surface area contributed by atoms with Gasteiger partial charge in [-0.1, -0.05) is 13.3 Å². The number of nitrogens with zero attached hydrogens (tertiary/aromatic N) is 1. The summed E-state index contributed by atoms with van der Waals surface area (Å²) in [4.78, 5) is 14.4. The minimum Gasteiger partial charge on any atom is -0.338 e. The summed E-state index contributed by atoms with van der Waals surface area (Å²) < 4.78 is 0. The Morgan fingerprint density at radius 3 is 2.76 bits per heavy atom. The molecule has 0 aromatic carbocycles. The molecule has 1 heterocycles. The molecule has 2 N–H and O–H groups in total. The summed E-state index contributed by atoms with van der Waals surface area (Å²) in [5.41, 5.74) is 5.77. The lowest BCUT2D eigenvalue weighted by atomic mass is 9.98. The van der Waals surface area contributed by atoms with Gasteiger partial charge in [-0.15, -0.1) is 0 Å². The van der Waals surface area contributed by atoms with Gasteiger partial charge in [0.1, 0.15) is 0 Å². The molecule has 3 atom stereocenters. The van der Waals surface area contributed by atoms with E-state index in [-0.39, 0.29) is 0 Å². The highest BCUT2D eigenvalue weighted by molar-refractivity contribution is 5.77. The van der Waals surface area contributed by atoms with Gasteiger partial charge < -0.3 is 10.6 Å². The Morgan fingerprint density at radius 1 is 1.29 bits per heavy atom. The van der Waals surface area contributed by atoms with Crippen LogP contribution in [0.3, 0.4) is 0 Å². The molecule has 0 radical (unpaired) electrons. The maximum atomic E-state index is 12.3. The molecule has 2 fully saturated rings. The summed E-state index contributed by atoms with van der Waals surface area (Å²) in [5, 5.41) is 0. The minimum atomic E-state index is 0.315. The first-order chi connectivity index (χ1) is 8.20. The van der Waals surface area contributed by atoms with Crippen LogP contribution in [0.4, 0.5) is 0 Å². The minimum absolute atomic E-state index is 0.315. The smallest absolute Gasteiger partial charge is 0.223 e. The van der Waals surface area contributed by atoms with Crippen LogP contribution in [0.15, 0.2) is 0 Å². The van der Waals surface area contributed by atoms with Crippen LogP contribution in [0, 0.1) is 11.8 Å². The highest BCUT2D eigenvalue weighted by Gasteiger charge is 2.29. The second-order valence-electron chi connectivity index (χ2n) is 5.96. The fraction of sp³-hybridized carbons (Fsp3) is 0.929. The zero-order valence-corrected chi connectivity index (χ0v) is 11.0. The molecule has 17 heavy (non-hydrogen) atoms. The first kappa shape index (κ1) is 12.9. The summed E-state index contributed by atoms with van der Waals surface area (Å²) in [6.07, 6.45) is 8.04. The van der Waals surface area contributed by atoms with Gasteiger partial charge in [0, 0.05) is 25.6 Å². The molecule has 2 aliphatic rings. The maximum Gasteiger partial charge on any atom is 0.223 e. The number of amides is 1. The predicted octanol–water partition coefficient (Wildman–Crippen LogP) is 2.15. The van der Waals surface area contributed by atoms with Crippen molar-refractivity contribution in [3.63, 3.8) is 0 Å². The third-order valence-electron chi connectivity index (χ3n) is 4.49. The quantitative estimate of drug-likeness (QED) is 0.819. The number of carbonyl (C=O) groups excluding carboxylic acids is 1. The van der Waals surface area contributed by atoms with Gasteiger partial charge >= 0.3 is 0 Å². The molecule has 0 bridgehead atoms. The van der Waals surface area contributed by atoms with Crippen LogP contribution in [-0.2, 0) is 4.79 Å². The monoisotopic (exact) mass is 238 g/mol. The Hall–Kier alpha value is -0.570. The Morgan fingerprint density at radius 2 is 2.12 bits per heavy atom. The normalized spacial score (nSPS) is 34.0. The SMILES string of the molecule is C[C@@H]1CC[C@H](CC(=O)N2CCCC[C@@H]2CN)C1. The third kappa shape index (κ3) is 3.21. The van der Waals surface area contributed by atoms with Gasteiger partial charge in [-0.3, -0.25) is 4.79 Å². The van der Waals surface area contributed by atoms with Crippen molar-refractivity contribution in [3.8, 4) is 0 Å². The van der Waals surface area contributed by atoms with Gasteiger partial charge in [0.15, 0.2) is 0 Å². The summed E-state index contributed by atoms with van der Waals surface area (Å²) in [6.45, 7) is 3.86. The van der Waals surface area contributed by atoms with Crippen molar-refractivity contribution in [3.05, 3.63) is 0 Å². The van der Waals surface area contributed by atoms with Gasteiger partial charge in [0.2, 0.25) is 5.91 Å². The first-order valence-corrected chi connectivity index (χ1v) is 7.20. The van der Waals surface area contributed by atoms with Crippen LogP contribution >= 0.6 is 0 Å². The average Bonchev–Trinajstić information content (AvgIpc) is 2.74. The Balaban J connectivity index is 1.85. The second kappa shape index (κ2) is 5.85. The number of hydrogen-bond acceptors (Lipinski definition) is 2. The molecule has 3 nitrogen and oxygen atoms in total. The number of hydrogen-bond donors (Lipinski definition) is 1. The van der Waals surface area contributed by atoms with E-state index in [4.69, 9.17) is 5.73 Å². The molecule has 0 aromatic heterocycles. The molecule has 1 aliphatic carbocycles. The lowest BCUT2D eigenvalue weighted by Gasteiger charge is -2.35. The van der Waals surface area contributed by atoms with Gasteiger partial charge in [-0.25, -0.2) is 0 Å². The van der Waals surface area contributed by atoms with E-state index < -0.39 is 0 Å². The summed E-state index contributed by atoms with van der Waals surface area (Å²) in [6, 6.07) is 0.315. The Bertz CT molecular complexity index is 267. The summed E-state index contributed by atoms with van der Waals surface area (Å²) in [7, 11) is 0. The van der Waals surface area contributed by atoms with E-state index in [0.717, 1.165) is 31.7 Å².